The molecule has 2 aliphatic rings. The van der Waals surface area contributed by atoms with Gasteiger partial charge in [0, 0.05) is 25.2 Å². The lowest BCUT2D eigenvalue weighted by Crippen LogP contribution is -2.49. The Morgan fingerprint density at radius 2 is 2.00 bits per heavy atom. The van der Waals surface area contributed by atoms with Gasteiger partial charge in [-0.3, -0.25) is 9.59 Å². The number of hydrogen-bond acceptors (Lipinski definition) is 4. The summed E-state index contributed by atoms with van der Waals surface area (Å²) in [5, 5.41) is 3.32. The number of pyridine rings is 1. The molecule has 0 aromatic carbocycles. The molecule has 118 valence electrons. The summed E-state index contributed by atoms with van der Waals surface area (Å²) in [5.41, 5.74) is 5.32. The van der Waals surface area contributed by atoms with Gasteiger partial charge in [0.25, 0.3) is 0 Å². The molecule has 0 radical (unpaired) electrons. The Morgan fingerprint density at radius 1 is 1.32 bits per heavy atom. The molecule has 2 heterocycles. The van der Waals surface area contributed by atoms with Crippen LogP contribution in [0.2, 0.25) is 5.02 Å². The van der Waals surface area contributed by atoms with Gasteiger partial charge in [0.1, 0.15) is 5.82 Å². The number of nitrogens with zero attached hydrogens (tertiary/aromatic N) is 2. The van der Waals surface area contributed by atoms with Crippen LogP contribution in [0.1, 0.15) is 25.7 Å². The molecule has 1 aromatic rings. The molecule has 7 heteroatoms. The zero-order valence-corrected chi connectivity index (χ0v) is 13.0. The third kappa shape index (κ3) is 3.23. The molecule has 3 rings (SSSR count). The van der Waals surface area contributed by atoms with Crippen molar-refractivity contribution in [3.63, 3.8) is 0 Å². The van der Waals surface area contributed by atoms with Crippen molar-refractivity contribution in [1.82, 2.24) is 9.88 Å². The van der Waals surface area contributed by atoms with Crippen molar-refractivity contribution < 1.29 is 9.59 Å². The van der Waals surface area contributed by atoms with E-state index in [1.165, 1.54) is 6.20 Å². The van der Waals surface area contributed by atoms with Gasteiger partial charge in [-0.05, 0) is 37.8 Å². The lowest BCUT2D eigenvalue weighted by Gasteiger charge is -2.33. The lowest BCUT2D eigenvalue weighted by atomic mass is 9.95. The fourth-order valence-electron chi connectivity index (χ4n) is 2.69. The summed E-state index contributed by atoms with van der Waals surface area (Å²) in [4.78, 5) is 30.2. The molecular weight excluding hydrogens is 304 g/mol. The van der Waals surface area contributed by atoms with Crippen LogP contribution in [-0.2, 0) is 9.59 Å². The van der Waals surface area contributed by atoms with E-state index in [1.807, 2.05) is 0 Å². The molecule has 2 amide bonds. The van der Waals surface area contributed by atoms with E-state index in [0.717, 1.165) is 12.8 Å². The topological polar surface area (TPSA) is 88.3 Å². The Hall–Kier alpha value is -1.66. The van der Waals surface area contributed by atoms with E-state index in [-0.39, 0.29) is 17.7 Å². The van der Waals surface area contributed by atoms with Gasteiger partial charge in [0.15, 0.2) is 0 Å². The van der Waals surface area contributed by atoms with Gasteiger partial charge in [-0.1, -0.05) is 11.6 Å². The van der Waals surface area contributed by atoms with Crippen LogP contribution in [-0.4, -0.2) is 40.3 Å². The van der Waals surface area contributed by atoms with Crippen LogP contribution in [0.4, 0.5) is 5.82 Å². The monoisotopic (exact) mass is 322 g/mol. The molecule has 1 aliphatic heterocycles. The fraction of sp³-hybridized carbons (Fsp3) is 0.533. The Balaban J connectivity index is 1.51. The Morgan fingerprint density at radius 3 is 2.55 bits per heavy atom. The van der Waals surface area contributed by atoms with E-state index in [4.69, 9.17) is 17.3 Å². The second kappa shape index (κ2) is 5.85. The predicted molar refractivity (Wildman–Crippen MR) is 83.3 cm³/mol. The van der Waals surface area contributed by atoms with E-state index in [9.17, 15) is 9.59 Å². The number of amides is 2. The molecule has 1 aromatic heterocycles. The highest BCUT2D eigenvalue weighted by atomic mass is 35.5. The number of nitrogens with two attached hydrogens (primary N) is 1. The summed E-state index contributed by atoms with van der Waals surface area (Å²) >= 11 is 5.76. The van der Waals surface area contributed by atoms with Gasteiger partial charge in [-0.15, -0.1) is 0 Å². The third-order valence-corrected chi connectivity index (χ3v) is 4.57. The highest BCUT2D eigenvalue weighted by Crippen LogP contribution is 2.35. The third-order valence-electron chi connectivity index (χ3n) is 4.35. The minimum atomic E-state index is -0.623. The van der Waals surface area contributed by atoms with E-state index < -0.39 is 5.54 Å². The van der Waals surface area contributed by atoms with Gasteiger partial charge >= 0.3 is 0 Å². The van der Waals surface area contributed by atoms with Gasteiger partial charge in [0.05, 0.1) is 10.6 Å². The maximum Gasteiger partial charge on any atom is 0.242 e. The summed E-state index contributed by atoms with van der Waals surface area (Å²) in [7, 11) is 0. The summed E-state index contributed by atoms with van der Waals surface area (Å²) in [6, 6.07) is 3.35. The molecule has 0 unspecified atom stereocenters. The van der Waals surface area contributed by atoms with Crippen molar-refractivity contribution in [2.75, 3.05) is 18.4 Å². The van der Waals surface area contributed by atoms with Crippen molar-refractivity contribution in [1.29, 1.82) is 0 Å². The standard InChI is InChI=1S/C15H19ClN4O2/c16-11-1-2-12(18-9-11)19-13(21)10-3-7-20(8-4-10)14(22)15(17)5-6-15/h1-2,9-10H,3-8,17H2,(H,18,19,21). The van der Waals surface area contributed by atoms with Crippen LogP contribution in [0.5, 0.6) is 0 Å². The maximum atomic E-state index is 12.2. The van der Waals surface area contributed by atoms with Gasteiger partial charge < -0.3 is 16.0 Å². The van der Waals surface area contributed by atoms with Gasteiger partial charge in [-0.2, -0.15) is 0 Å². The molecule has 22 heavy (non-hydrogen) atoms. The number of nitrogens with one attached hydrogen (secondary N) is 1. The molecule has 1 aliphatic carbocycles. The number of hydrogen-bond donors (Lipinski definition) is 2. The highest BCUT2D eigenvalue weighted by molar-refractivity contribution is 6.30. The zero-order chi connectivity index (χ0) is 15.7. The Labute approximate surface area is 134 Å². The number of anilines is 1. The van der Waals surface area contributed by atoms with Crippen LogP contribution < -0.4 is 11.1 Å². The first kappa shape index (κ1) is 15.2. The number of carbonyl (C=O) groups is 2. The van der Waals surface area contributed by atoms with Crippen LogP contribution >= 0.6 is 11.6 Å². The van der Waals surface area contributed by atoms with Crippen molar-refractivity contribution >= 4 is 29.2 Å². The quantitative estimate of drug-likeness (QED) is 0.880. The van der Waals surface area contributed by atoms with Crippen LogP contribution in [0, 0.1) is 5.92 Å². The Bertz CT molecular complexity index is 578. The molecule has 2 fully saturated rings. The first-order chi connectivity index (χ1) is 10.5. The molecule has 0 atom stereocenters. The van der Waals surface area contributed by atoms with E-state index in [1.54, 1.807) is 17.0 Å². The molecule has 1 saturated heterocycles. The summed E-state index contributed by atoms with van der Waals surface area (Å²) in [6.45, 7) is 1.17. The first-order valence-electron chi connectivity index (χ1n) is 7.49. The average Bonchev–Trinajstić information content (AvgIpc) is 3.28. The number of piperidine rings is 1. The predicted octanol–water partition coefficient (Wildman–Crippen LogP) is 1.40. The number of rotatable bonds is 3. The maximum absolute atomic E-state index is 12.2. The van der Waals surface area contributed by atoms with Gasteiger partial charge in [-0.25, -0.2) is 4.98 Å². The second-order valence-corrected chi connectivity index (χ2v) is 6.51. The largest absolute Gasteiger partial charge is 0.341 e. The second-order valence-electron chi connectivity index (χ2n) is 6.07. The van der Waals surface area contributed by atoms with Crippen molar-refractivity contribution in [2.24, 2.45) is 11.7 Å². The molecule has 1 saturated carbocycles. The van der Waals surface area contributed by atoms with Crippen LogP contribution in [0.25, 0.3) is 0 Å². The molecule has 0 bridgehead atoms. The highest BCUT2D eigenvalue weighted by Gasteiger charge is 2.48. The minimum Gasteiger partial charge on any atom is -0.341 e. The van der Waals surface area contributed by atoms with E-state index in [2.05, 4.69) is 10.3 Å². The SMILES string of the molecule is NC1(C(=O)N2CCC(C(=O)Nc3ccc(Cl)cn3)CC2)CC1. The molecular formula is C15H19ClN4O2. The van der Waals surface area contributed by atoms with Crippen molar-refractivity contribution in [3.05, 3.63) is 23.4 Å². The minimum absolute atomic E-state index is 0.0331. The normalized spacial score (nSPS) is 20.5. The van der Waals surface area contributed by atoms with E-state index in [0.29, 0.717) is 36.8 Å². The molecule has 0 spiro atoms. The average molecular weight is 323 g/mol. The molecule has 3 N–H and O–H groups in total. The smallest absolute Gasteiger partial charge is 0.242 e. The Kier molecular flexibility index (Phi) is 4.06. The lowest BCUT2D eigenvalue weighted by molar-refractivity contribution is -0.136. The summed E-state index contributed by atoms with van der Waals surface area (Å²) < 4.78 is 0. The number of halogens is 1. The van der Waals surface area contributed by atoms with E-state index >= 15 is 0 Å². The zero-order valence-electron chi connectivity index (χ0n) is 12.2. The summed E-state index contributed by atoms with van der Waals surface area (Å²) in [5.74, 6) is 0.364. The number of aromatic nitrogens is 1. The first-order valence-corrected chi connectivity index (χ1v) is 7.86. The number of likely N-dealkylation sites (tertiary alicyclic amines) is 1. The van der Waals surface area contributed by atoms with Crippen molar-refractivity contribution in [2.45, 2.75) is 31.2 Å². The van der Waals surface area contributed by atoms with Gasteiger partial charge in [0.2, 0.25) is 11.8 Å². The van der Waals surface area contributed by atoms with Crippen LogP contribution in [0.15, 0.2) is 18.3 Å². The fourth-order valence-corrected chi connectivity index (χ4v) is 2.80. The van der Waals surface area contributed by atoms with Crippen LogP contribution in [0.3, 0.4) is 0 Å². The summed E-state index contributed by atoms with van der Waals surface area (Å²) in [6.07, 6.45) is 4.35. The number of carbonyl (C=O) groups excluding carboxylic acids is 2. The van der Waals surface area contributed by atoms with Crippen molar-refractivity contribution in [3.8, 4) is 0 Å². The molecule has 6 nitrogen and oxygen atoms in total.